The summed E-state index contributed by atoms with van der Waals surface area (Å²) in [7, 11) is -3.67. The van der Waals surface area contributed by atoms with Gasteiger partial charge in [0.2, 0.25) is 10.0 Å². The molecule has 1 aromatic rings. The van der Waals surface area contributed by atoms with Gasteiger partial charge in [0.15, 0.2) is 0 Å². The van der Waals surface area contributed by atoms with Crippen molar-refractivity contribution >= 4 is 26.0 Å². The van der Waals surface area contributed by atoms with Crippen LogP contribution in [0.15, 0.2) is 27.6 Å². The van der Waals surface area contributed by atoms with Crippen molar-refractivity contribution in [3.05, 3.63) is 28.5 Å². The Kier molecular flexibility index (Phi) is 3.53. The molecule has 0 unspecified atom stereocenters. The molecule has 1 aliphatic carbocycles. The molecule has 1 saturated carbocycles. The summed E-state index contributed by atoms with van der Waals surface area (Å²) in [5, 5.41) is 9.08. The number of rotatable bonds is 3. The van der Waals surface area contributed by atoms with E-state index in [4.69, 9.17) is 5.11 Å². The first-order valence-electron chi connectivity index (χ1n) is 5.04. The molecule has 0 atom stereocenters. The van der Waals surface area contributed by atoms with Gasteiger partial charge in [-0.15, -0.1) is 0 Å². The number of hydrogen-bond acceptors (Lipinski definition) is 3. The molecule has 1 aromatic carbocycles. The van der Waals surface area contributed by atoms with Crippen LogP contribution in [0.1, 0.15) is 12.8 Å². The zero-order chi connectivity index (χ0) is 12.6. The number of benzene rings is 1. The summed E-state index contributed by atoms with van der Waals surface area (Å²) in [5.41, 5.74) is 0. The highest BCUT2D eigenvalue weighted by Crippen LogP contribution is 2.26. The summed E-state index contributed by atoms with van der Waals surface area (Å²) in [4.78, 5) is 0.000268. The topological polar surface area (TPSA) is 66.4 Å². The molecule has 2 rings (SSSR count). The lowest BCUT2D eigenvalue weighted by atomic mass is 9.91. The summed E-state index contributed by atoms with van der Waals surface area (Å²) < 4.78 is 39.4. The maximum atomic E-state index is 12.8. The minimum atomic E-state index is -3.67. The zero-order valence-corrected chi connectivity index (χ0v) is 11.1. The van der Waals surface area contributed by atoms with Crippen LogP contribution in [0.2, 0.25) is 0 Å². The van der Waals surface area contributed by atoms with Crippen LogP contribution in [0.25, 0.3) is 0 Å². The maximum absolute atomic E-state index is 12.8. The molecule has 7 heteroatoms. The third kappa shape index (κ3) is 2.85. The highest BCUT2D eigenvalue weighted by molar-refractivity contribution is 9.10. The molecule has 0 amide bonds. The monoisotopic (exact) mass is 323 g/mol. The second-order valence-corrected chi connectivity index (χ2v) is 6.55. The molecule has 0 saturated heterocycles. The van der Waals surface area contributed by atoms with E-state index in [2.05, 4.69) is 20.7 Å². The largest absolute Gasteiger partial charge is 0.393 e. The molecule has 17 heavy (non-hydrogen) atoms. The van der Waals surface area contributed by atoms with Crippen molar-refractivity contribution in [2.45, 2.75) is 29.9 Å². The summed E-state index contributed by atoms with van der Waals surface area (Å²) in [6, 6.07) is 3.16. The number of halogens is 2. The van der Waals surface area contributed by atoms with Gasteiger partial charge in [-0.3, -0.25) is 0 Å². The van der Waals surface area contributed by atoms with E-state index in [1.54, 1.807) is 0 Å². The van der Waals surface area contributed by atoms with Gasteiger partial charge in [0.05, 0.1) is 11.0 Å². The minimum Gasteiger partial charge on any atom is -0.393 e. The predicted molar refractivity (Wildman–Crippen MR) is 63.5 cm³/mol. The van der Waals surface area contributed by atoms with E-state index in [0.29, 0.717) is 12.8 Å². The van der Waals surface area contributed by atoms with Crippen LogP contribution < -0.4 is 4.72 Å². The normalized spacial score (nSPS) is 24.4. The van der Waals surface area contributed by atoms with E-state index in [1.807, 2.05) is 0 Å². The molecule has 2 N–H and O–H groups in total. The molecular formula is C10H11BrFNO3S. The average molecular weight is 324 g/mol. The predicted octanol–water partition coefficient (Wildman–Crippen LogP) is 1.39. The summed E-state index contributed by atoms with van der Waals surface area (Å²) in [6.45, 7) is 0. The Morgan fingerprint density at radius 2 is 2.06 bits per heavy atom. The molecule has 0 spiro atoms. The highest BCUT2D eigenvalue weighted by atomic mass is 79.9. The number of nitrogens with one attached hydrogen (secondary N) is 1. The average Bonchev–Trinajstić information content (AvgIpc) is 2.14. The highest BCUT2D eigenvalue weighted by Gasteiger charge is 2.31. The fourth-order valence-corrected chi connectivity index (χ4v) is 3.97. The van der Waals surface area contributed by atoms with Gasteiger partial charge in [-0.1, -0.05) is 0 Å². The molecule has 1 fully saturated rings. The molecule has 0 radical (unpaired) electrons. The van der Waals surface area contributed by atoms with Gasteiger partial charge >= 0.3 is 0 Å². The summed E-state index contributed by atoms with van der Waals surface area (Å²) in [5.74, 6) is -0.505. The Morgan fingerprint density at radius 3 is 2.59 bits per heavy atom. The van der Waals surface area contributed by atoms with E-state index >= 15 is 0 Å². The van der Waals surface area contributed by atoms with E-state index in [9.17, 15) is 12.8 Å². The number of aliphatic hydroxyl groups excluding tert-OH is 1. The third-order valence-corrected chi connectivity index (χ3v) is 5.12. The van der Waals surface area contributed by atoms with Crippen LogP contribution >= 0.6 is 15.9 Å². The smallest absolute Gasteiger partial charge is 0.241 e. The summed E-state index contributed by atoms with van der Waals surface area (Å²) in [6.07, 6.45) is 0.398. The standard InChI is InChI=1S/C10H11BrFNO3S/c11-9-3-6(12)1-2-10(9)17(15,16)13-7-4-8(14)5-7/h1-3,7-8,13-14H,4-5H2. The molecule has 4 nitrogen and oxygen atoms in total. The fourth-order valence-electron chi connectivity index (χ4n) is 1.66. The van der Waals surface area contributed by atoms with Gasteiger partial charge in [0, 0.05) is 10.5 Å². The van der Waals surface area contributed by atoms with Crippen molar-refractivity contribution in [2.75, 3.05) is 0 Å². The van der Waals surface area contributed by atoms with Crippen molar-refractivity contribution in [3.63, 3.8) is 0 Å². The molecule has 0 bridgehead atoms. The van der Waals surface area contributed by atoms with Crippen LogP contribution in [0.5, 0.6) is 0 Å². The first kappa shape index (κ1) is 12.9. The Hall–Kier alpha value is -0.500. The molecule has 0 aliphatic heterocycles. The van der Waals surface area contributed by atoms with Crippen LogP contribution in [0.4, 0.5) is 4.39 Å². The van der Waals surface area contributed by atoms with Gasteiger partial charge in [-0.05, 0) is 47.0 Å². The lowest BCUT2D eigenvalue weighted by Crippen LogP contribution is -2.46. The van der Waals surface area contributed by atoms with Crippen LogP contribution in [-0.4, -0.2) is 25.7 Å². The fraction of sp³-hybridized carbons (Fsp3) is 0.400. The minimum absolute atomic E-state index is 0.000268. The second kappa shape index (κ2) is 4.64. The van der Waals surface area contributed by atoms with Gasteiger partial charge in [-0.25, -0.2) is 17.5 Å². The lowest BCUT2D eigenvalue weighted by Gasteiger charge is -2.31. The molecule has 94 valence electrons. The molecular weight excluding hydrogens is 313 g/mol. The van der Waals surface area contributed by atoms with Crippen molar-refractivity contribution in [3.8, 4) is 0 Å². The number of hydrogen-bond donors (Lipinski definition) is 2. The Morgan fingerprint density at radius 1 is 1.41 bits per heavy atom. The SMILES string of the molecule is O=S(=O)(NC1CC(O)C1)c1ccc(F)cc1Br. The second-order valence-electron chi connectivity index (χ2n) is 4.02. The lowest BCUT2D eigenvalue weighted by molar-refractivity contribution is 0.0712. The van der Waals surface area contributed by atoms with Gasteiger partial charge < -0.3 is 5.11 Å². The summed E-state index contributed by atoms with van der Waals surface area (Å²) >= 11 is 3.02. The Labute approximate surface area is 107 Å². The van der Waals surface area contributed by atoms with Crippen LogP contribution in [-0.2, 0) is 10.0 Å². The van der Waals surface area contributed by atoms with E-state index in [-0.39, 0.29) is 15.4 Å². The van der Waals surface area contributed by atoms with E-state index in [1.165, 1.54) is 6.07 Å². The number of aliphatic hydroxyl groups is 1. The van der Waals surface area contributed by atoms with Gasteiger partial charge in [0.1, 0.15) is 5.82 Å². The van der Waals surface area contributed by atoms with Crippen molar-refractivity contribution in [1.82, 2.24) is 4.72 Å². The third-order valence-electron chi connectivity index (χ3n) is 2.62. The van der Waals surface area contributed by atoms with Crippen molar-refractivity contribution in [2.24, 2.45) is 0 Å². The Bertz CT molecular complexity index is 528. The zero-order valence-electron chi connectivity index (χ0n) is 8.73. The Balaban J connectivity index is 2.20. The van der Waals surface area contributed by atoms with Gasteiger partial charge in [-0.2, -0.15) is 0 Å². The van der Waals surface area contributed by atoms with Crippen LogP contribution in [0.3, 0.4) is 0 Å². The molecule has 1 aliphatic rings. The first-order chi connectivity index (χ1) is 7.88. The quantitative estimate of drug-likeness (QED) is 0.883. The molecule has 0 heterocycles. The van der Waals surface area contributed by atoms with E-state index < -0.39 is 21.9 Å². The van der Waals surface area contributed by atoms with Crippen molar-refractivity contribution < 1.29 is 17.9 Å². The molecule has 0 aromatic heterocycles. The van der Waals surface area contributed by atoms with E-state index in [0.717, 1.165) is 12.1 Å². The van der Waals surface area contributed by atoms with Crippen LogP contribution in [0, 0.1) is 5.82 Å². The number of sulfonamides is 1. The first-order valence-corrected chi connectivity index (χ1v) is 7.31. The maximum Gasteiger partial charge on any atom is 0.241 e. The van der Waals surface area contributed by atoms with Crippen molar-refractivity contribution in [1.29, 1.82) is 0 Å². The van der Waals surface area contributed by atoms with Gasteiger partial charge in [0.25, 0.3) is 0 Å².